The van der Waals surface area contributed by atoms with Crippen LogP contribution < -0.4 is 20.1 Å². The monoisotopic (exact) mass is 598 g/mol. The number of hydrogen-bond acceptors (Lipinski definition) is 8. The largest absolute Gasteiger partial charge is 0.480 e. The summed E-state index contributed by atoms with van der Waals surface area (Å²) in [5, 5.41) is 9.54. The number of hydrogen-bond donors (Lipinski definition) is 2. The number of nitrogens with one attached hydrogen (secondary N) is 2. The fourth-order valence-corrected chi connectivity index (χ4v) is 4.27. The van der Waals surface area contributed by atoms with Crippen molar-refractivity contribution < 1.29 is 27.4 Å². The van der Waals surface area contributed by atoms with E-state index in [1.165, 1.54) is 30.9 Å². The number of halogens is 3. The first-order valence-electron chi connectivity index (χ1n) is 13.0. The third-order valence-electron chi connectivity index (χ3n) is 6.36. The lowest BCUT2D eigenvalue weighted by Crippen LogP contribution is -2.20. The van der Waals surface area contributed by atoms with E-state index in [-0.39, 0.29) is 22.9 Å². The highest BCUT2D eigenvalue weighted by molar-refractivity contribution is 6.02. The molecular weight excluding hydrogens is 577 g/mol. The van der Waals surface area contributed by atoms with Gasteiger partial charge < -0.3 is 20.1 Å². The predicted molar refractivity (Wildman–Crippen MR) is 154 cm³/mol. The highest BCUT2D eigenvalue weighted by Crippen LogP contribution is 2.36. The van der Waals surface area contributed by atoms with E-state index < -0.39 is 17.8 Å². The van der Waals surface area contributed by atoms with Gasteiger partial charge in [0.25, 0.3) is 0 Å². The summed E-state index contributed by atoms with van der Waals surface area (Å²) in [4.78, 5) is 29.3. The van der Waals surface area contributed by atoms with Crippen LogP contribution in [-0.2, 0) is 6.18 Å². The Kier molecular flexibility index (Phi) is 7.45. The molecule has 0 aliphatic rings. The van der Waals surface area contributed by atoms with E-state index in [0.717, 1.165) is 23.4 Å². The number of imidazole rings is 1. The SMILES string of the molecule is COc1ccc2ncc(-c3ccc(Oc4ncc(NC(=O)Nc5ccc(C(F)(F)F)cc5-c5cccnc5)cn4)cc3)n2n1. The molecule has 11 nitrogen and oxygen atoms in total. The highest BCUT2D eigenvalue weighted by atomic mass is 19.4. The van der Waals surface area contributed by atoms with Gasteiger partial charge >= 0.3 is 18.2 Å². The van der Waals surface area contributed by atoms with Crippen LogP contribution in [0.3, 0.4) is 0 Å². The molecule has 0 saturated carbocycles. The minimum absolute atomic E-state index is 0.0338. The Morgan fingerprint density at radius 3 is 2.36 bits per heavy atom. The number of amides is 2. The molecule has 0 fully saturated rings. The quantitative estimate of drug-likeness (QED) is 0.208. The van der Waals surface area contributed by atoms with Crippen LogP contribution in [0.25, 0.3) is 28.0 Å². The van der Waals surface area contributed by atoms with E-state index in [9.17, 15) is 18.0 Å². The zero-order chi connectivity index (χ0) is 30.7. The van der Waals surface area contributed by atoms with Gasteiger partial charge in [-0.15, -0.1) is 5.10 Å². The molecule has 0 atom stereocenters. The van der Waals surface area contributed by atoms with Gasteiger partial charge in [0.1, 0.15) is 5.75 Å². The number of nitrogens with zero attached hydrogens (tertiary/aromatic N) is 6. The van der Waals surface area contributed by atoms with Gasteiger partial charge in [0, 0.05) is 35.2 Å². The van der Waals surface area contributed by atoms with Gasteiger partial charge in [-0.3, -0.25) is 4.98 Å². The molecular formula is C30H21F3N8O3. The number of rotatable bonds is 7. The standard InChI is InChI=1S/C30H21F3N8O3/c1-43-27-11-10-26-35-17-25(41(26)40-27)18-4-7-22(8-5-18)44-29-36-15-21(16-37-29)38-28(42)39-24-9-6-20(30(31,32)33)13-23(24)19-3-2-12-34-14-19/h2-17H,1H3,(H2,38,39,42). The summed E-state index contributed by atoms with van der Waals surface area (Å²) in [7, 11) is 1.54. The van der Waals surface area contributed by atoms with Crippen molar-refractivity contribution in [1.29, 1.82) is 0 Å². The first-order chi connectivity index (χ1) is 21.3. The summed E-state index contributed by atoms with van der Waals surface area (Å²) in [6.07, 6.45) is 2.73. The van der Waals surface area contributed by atoms with Gasteiger partial charge in [-0.2, -0.15) is 13.2 Å². The third-order valence-corrected chi connectivity index (χ3v) is 6.36. The molecule has 6 aromatic rings. The maximum absolute atomic E-state index is 13.3. The van der Waals surface area contributed by atoms with E-state index >= 15 is 0 Å². The van der Waals surface area contributed by atoms with Crippen LogP contribution in [0.4, 0.5) is 29.3 Å². The van der Waals surface area contributed by atoms with Crippen LogP contribution in [0.15, 0.2) is 97.7 Å². The van der Waals surface area contributed by atoms with Crippen molar-refractivity contribution in [2.75, 3.05) is 17.7 Å². The van der Waals surface area contributed by atoms with Crippen LogP contribution in [0.1, 0.15) is 5.56 Å². The molecule has 0 bridgehead atoms. The summed E-state index contributed by atoms with van der Waals surface area (Å²) in [5.74, 6) is 0.926. The van der Waals surface area contributed by atoms with Crippen molar-refractivity contribution in [3.05, 3.63) is 103 Å². The van der Waals surface area contributed by atoms with E-state index in [4.69, 9.17) is 9.47 Å². The van der Waals surface area contributed by atoms with Crippen LogP contribution in [-0.4, -0.2) is 42.7 Å². The van der Waals surface area contributed by atoms with Crippen molar-refractivity contribution in [3.8, 4) is 40.0 Å². The fraction of sp³-hybridized carbons (Fsp3) is 0.0667. The number of aromatic nitrogens is 6. The Morgan fingerprint density at radius 2 is 1.66 bits per heavy atom. The second kappa shape index (κ2) is 11.7. The van der Waals surface area contributed by atoms with Crippen molar-refractivity contribution >= 4 is 23.1 Å². The smallest absolute Gasteiger partial charge is 0.416 e. The molecule has 0 radical (unpaired) electrons. The molecule has 44 heavy (non-hydrogen) atoms. The number of carbonyl (C=O) groups excluding carboxylic acids is 1. The van der Waals surface area contributed by atoms with Crippen LogP contribution in [0.2, 0.25) is 0 Å². The van der Waals surface area contributed by atoms with Gasteiger partial charge in [-0.05, 0) is 54.6 Å². The highest BCUT2D eigenvalue weighted by Gasteiger charge is 2.31. The number of pyridine rings is 1. The van der Waals surface area contributed by atoms with E-state index in [0.29, 0.717) is 22.8 Å². The molecule has 0 spiro atoms. The summed E-state index contributed by atoms with van der Waals surface area (Å²) < 4.78 is 52.6. The summed E-state index contributed by atoms with van der Waals surface area (Å²) >= 11 is 0. The summed E-state index contributed by atoms with van der Waals surface area (Å²) in [6, 6.07) is 16.2. The minimum atomic E-state index is -4.55. The molecule has 0 aliphatic carbocycles. The molecule has 0 aliphatic heterocycles. The molecule has 6 rings (SSSR count). The molecule has 220 valence electrons. The lowest BCUT2D eigenvalue weighted by atomic mass is 10.0. The number of ether oxygens (including phenoxy) is 2. The minimum Gasteiger partial charge on any atom is -0.480 e. The fourth-order valence-electron chi connectivity index (χ4n) is 4.27. The van der Waals surface area contributed by atoms with Crippen molar-refractivity contribution in [3.63, 3.8) is 0 Å². The van der Waals surface area contributed by atoms with Gasteiger partial charge in [0.15, 0.2) is 5.65 Å². The van der Waals surface area contributed by atoms with E-state index in [1.54, 1.807) is 54.2 Å². The number of urea groups is 1. The summed E-state index contributed by atoms with van der Waals surface area (Å²) in [6.45, 7) is 0. The predicted octanol–water partition coefficient (Wildman–Crippen LogP) is 6.71. The first kappa shape index (κ1) is 28.1. The molecule has 14 heteroatoms. The molecule has 0 unspecified atom stereocenters. The Hall–Kier alpha value is -6.05. The third kappa shape index (κ3) is 6.09. The zero-order valence-electron chi connectivity index (χ0n) is 22.8. The molecule has 2 amide bonds. The lowest BCUT2D eigenvalue weighted by Gasteiger charge is -2.15. The zero-order valence-corrected chi connectivity index (χ0v) is 22.8. The number of carbonyl (C=O) groups is 1. The van der Waals surface area contributed by atoms with Gasteiger partial charge in [-0.25, -0.2) is 24.3 Å². The van der Waals surface area contributed by atoms with Crippen LogP contribution in [0.5, 0.6) is 17.6 Å². The summed E-state index contributed by atoms with van der Waals surface area (Å²) in [5.41, 5.74) is 2.38. The van der Waals surface area contributed by atoms with E-state index in [1.807, 2.05) is 12.1 Å². The molecule has 2 aromatic carbocycles. The molecule has 0 saturated heterocycles. The van der Waals surface area contributed by atoms with Crippen LogP contribution >= 0.6 is 0 Å². The second-order valence-corrected chi connectivity index (χ2v) is 9.25. The average Bonchev–Trinajstić information content (AvgIpc) is 3.46. The number of fused-ring (bicyclic) bond motifs is 1. The van der Waals surface area contributed by atoms with Gasteiger partial charge in [0.05, 0.1) is 48.3 Å². The Bertz CT molecular complexity index is 1930. The molecule has 2 N–H and O–H groups in total. The van der Waals surface area contributed by atoms with Crippen molar-refractivity contribution in [1.82, 2.24) is 29.5 Å². The van der Waals surface area contributed by atoms with Gasteiger partial charge in [-0.1, -0.05) is 6.07 Å². The van der Waals surface area contributed by atoms with Crippen molar-refractivity contribution in [2.24, 2.45) is 0 Å². The maximum Gasteiger partial charge on any atom is 0.416 e. The number of anilines is 2. The topological polar surface area (TPSA) is 128 Å². The first-order valence-corrected chi connectivity index (χ1v) is 13.0. The maximum atomic E-state index is 13.3. The number of benzene rings is 2. The Balaban J connectivity index is 1.11. The van der Waals surface area contributed by atoms with Gasteiger partial charge in [0.2, 0.25) is 5.88 Å². The number of alkyl halides is 3. The molecule has 4 aromatic heterocycles. The number of methoxy groups -OCH3 is 1. The Morgan fingerprint density at radius 1 is 0.864 bits per heavy atom. The molecule has 4 heterocycles. The average molecular weight is 599 g/mol. The van der Waals surface area contributed by atoms with Crippen molar-refractivity contribution in [2.45, 2.75) is 6.18 Å². The lowest BCUT2D eigenvalue weighted by molar-refractivity contribution is -0.137. The van der Waals surface area contributed by atoms with E-state index in [2.05, 4.69) is 35.7 Å². The second-order valence-electron chi connectivity index (χ2n) is 9.25. The normalized spacial score (nSPS) is 11.3. The van der Waals surface area contributed by atoms with Crippen LogP contribution in [0, 0.1) is 0 Å². The Labute approximate surface area is 247 Å².